The van der Waals surface area contributed by atoms with Crippen molar-refractivity contribution < 1.29 is 14.1 Å². The smallest absolute Gasteiger partial charge is 0.276 e. The third-order valence-corrected chi connectivity index (χ3v) is 4.40. The number of carbonyl (C=O) groups excluding carboxylic acids is 2. The van der Waals surface area contributed by atoms with E-state index in [1.807, 2.05) is 42.2 Å². The molecule has 1 aromatic heterocycles. The number of rotatable bonds is 4. The second kappa shape index (κ2) is 7.29. The Hall–Kier alpha value is -2.63. The summed E-state index contributed by atoms with van der Waals surface area (Å²) in [6.45, 7) is 3.54. The Balaban J connectivity index is 1.77. The summed E-state index contributed by atoms with van der Waals surface area (Å²) in [6.07, 6.45) is 2.50. The second-order valence-corrected chi connectivity index (χ2v) is 5.96. The van der Waals surface area contributed by atoms with Gasteiger partial charge in [-0.15, -0.1) is 0 Å². The predicted molar refractivity (Wildman–Crippen MR) is 88.1 cm³/mol. The molecule has 0 radical (unpaired) electrons. The predicted octanol–water partition coefficient (Wildman–Crippen LogP) is 2.33. The number of benzene rings is 1. The maximum atomic E-state index is 12.6. The SMILES string of the molecule is CC[C@H]1CN(C(=O)c2ccon2)CCC(=O)N1Cc1ccccc1. The lowest BCUT2D eigenvalue weighted by atomic mass is 10.1. The normalized spacial score (nSPS) is 18.5. The molecule has 0 spiro atoms. The number of hydrogen-bond donors (Lipinski definition) is 0. The van der Waals surface area contributed by atoms with Crippen LogP contribution < -0.4 is 0 Å². The summed E-state index contributed by atoms with van der Waals surface area (Å²) in [7, 11) is 0. The lowest BCUT2D eigenvalue weighted by molar-refractivity contribution is -0.133. The molecule has 126 valence electrons. The summed E-state index contributed by atoms with van der Waals surface area (Å²) >= 11 is 0. The van der Waals surface area contributed by atoms with Gasteiger partial charge < -0.3 is 14.3 Å². The maximum absolute atomic E-state index is 12.6. The van der Waals surface area contributed by atoms with Crippen LogP contribution in [-0.4, -0.2) is 45.9 Å². The van der Waals surface area contributed by atoms with Crippen LogP contribution in [0.15, 0.2) is 47.2 Å². The van der Waals surface area contributed by atoms with Gasteiger partial charge in [-0.05, 0) is 12.0 Å². The first-order valence-corrected chi connectivity index (χ1v) is 8.22. The van der Waals surface area contributed by atoms with Crippen LogP contribution in [0.4, 0.5) is 0 Å². The largest absolute Gasteiger partial charge is 0.364 e. The maximum Gasteiger partial charge on any atom is 0.276 e. The molecule has 1 saturated heterocycles. The molecule has 6 nitrogen and oxygen atoms in total. The first-order valence-electron chi connectivity index (χ1n) is 8.22. The molecule has 0 aliphatic carbocycles. The third kappa shape index (κ3) is 3.48. The first-order chi connectivity index (χ1) is 11.7. The van der Waals surface area contributed by atoms with Gasteiger partial charge >= 0.3 is 0 Å². The van der Waals surface area contributed by atoms with Gasteiger partial charge in [-0.1, -0.05) is 42.4 Å². The first kappa shape index (κ1) is 16.2. The lowest BCUT2D eigenvalue weighted by Crippen LogP contribution is -2.43. The number of nitrogens with zero attached hydrogens (tertiary/aromatic N) is 3. The molecule has 0 N–H and O–H groups in total. The van der Waals surface area contributed by atoms with E-state index in [9.17, 15) is 9.59 Å². The van der Waals surface area contributed by atoms with Crippen molar-refractivity contribution >= 4 is 11.8 Å². The van der Waals surface area contributed by atoms with Crippen molar-refractivity contribution in [1.82, 2.24) is 15.0 Å². The molecule has 0 saturated carbocycles. The number of carbonyl (C=O) groups is 2. The van der Waals surface area contributed by atoms with E-state index in [0.29, 0.717) is 26.1 Å². The monoisotopic (exact) mass is 327 g/mol. The standard InChI is InChI=1S/C18H21N3O3/c1-2-15-13-20(18(23)16-9-11-24-19-16)10-8-17(22)21(15)12-14-6-4-3-5-7-14/h3-7,9,11,15H,2,8,10,12-13H2,1H3/t15-/m0/s1. The average molecular weight is 327 g/mol. The van der Waals surface area contributed by atoms with E-state index >= 15 is 0 Å². The van der Waals surface area contributed by atoms with E-state index in [4.69, 9.17) is 4.52 Å². The van der Waals surface area contributed by atoms with Crippen LogP contribution in [0.1, 0.15) is 35.8 Å². The average Bonchev–Trinajstić information content (AvgIpc) is 3.10. The van der Waals surface area contributed by atoms with Crippen molar-refractivity contribution in [3.05, 3.63) is 53.9 Å². The molecule has 6 heteroatoms. The summed E-state index contributed by atoms with van der Waals surface area (Å²) in [4.78, 5) is 28.7. The summed E-state index contributed by atoms with van der Waals surface area (Å²) in [5, 5.41) is 3.71. The van der Waals surface area contributed by atoms with Crippen molar-refractivity contribution in [3.63, 3.8) is 0 Å². The van der Waals surface area contributed by atoms with Crippen LogP contribution in [-0.2, 0) is 11.3 Å². The topological polar surface area (TPSA) is 66.7 Å². The highest BCUT2D eigenvalue weighted by Gasteiger charge is 2.31. The van der Waals surface area contributed by atoms with Crippen molar-refractivity contribution in [2.75, 3.05) is 13.1 Å². The van der Waals surface area contributed by atoms with Crippen molar-refractivity contribution in [2.45, 2.75) is 32.4 Å². The molecular formula is C18H21N3O3. The van der Waals surface area contributed by atoms with Crippen molar-refractivity contribution in [3.8, 4) is 0 Å². The Bertz CT molecular complexity index is 685. The molecule has 1 aromatic carbocycles. The lowest BCUT2D eigenvalue weighted by Gasteiger charge is -2.31. The van der Waals surface area contributed by atoms with Gasteiger partial charge in [0.05, 0.1) is 0 Å². The molecule has 1 fully saturated rings. The molecule has 1 aliphatic rings. The molecule has 0 bridgehead atoms. The highest BCUT2D eigenvalue weighted by atomic mass is 16.5. The van der Waals surface area contributed by atoms with Crippen LogP contribution in [0.5, 0.6) is 0 Å². The second-order valence-electron chi connectivity index (χ2n) is 5.96. The molecule has 24 heavy (non-hydrogen) atoms. The summed E-state index contributed by atoms with van der Waals surface area (Å²) in [5.41, 5.74) is 1.38. The van der Waals surface area contributed by atoms with E-state index in [0.717, 1.165) is 12.0 Å². The molecular weight excluding hydrogens is 306 g/mol. The minimum atomic E-state index is -0.184. The van der Waals surface area contributed by atoms with Gasteiger partial charge in [-0.2, -0.15) is 0 Å². The summed E-state index contributed by atoms with van der Waals surface area (Å²) < 4.78 is 4.76. The van der Waals surface area contributed by atoms with E-state index in [-0.39, 0.29) is 23.6 Å². The Morgan fingerprint density at radius 2 is 2.08 bits per heavy atom. The zero-order chi connectivity index (χ0) is 16.9. The van der Waals surface area contributed by atoms with Gasteiger partial charge in [0.25, 0.3) is 5.91 Å². The van der Waals surface area contributed by atoms with E-state index in [1.54, 1.807) is 11.0 Å². The molecule has 2 amide bonds. The Morgan fingerprint density at radius 3 is 2.75 bits per heavy atom. The molecule has 1 aliphatic heterocycles. The molecule has 0 unspecified atom stereocenters. The zero-order valence-electron chi connectivity index (χ0n) is 13.7. The number of aromatic nitrogens is 1. The highest BCUT2D eigenvalue weighted by molar-refractivity contribution is 5.92. The Morgan fingerprint density at radius 1 is 1.29 bits per heavy atom. The fourth-order valence-corrected chi connectivity index (χ4v) is 3.04. The fraction of sp³-hybridized carbons (Fsp3) is 0.389. The van der Waals surface area contributed by atoms with Gasteiger partial charge in [0, 0.05) is 38.2 Å². The zero-order valence-corrected chi connectivity index (χ0v) is 13.7. The van der Waals surface area contributed by atoms with Gasteiger partial charge in [-0.3, -0.25) is 9.59 Å². The minimum Gasteiger partial charge on any atom is -0.364 e. The molecule has 3 rings (SSSR count). The Labute approximate surface area is 141 Å². The van der Waals surface area contributed by atoms with Crippen LogP contribution in [0, 0.1) is 0 Å². The highest BCUT2D eigenvalue weighted by Crippen LogP contribution is 2.19. The fourth-order valence-electron chi connectivity index (χ4n) is 3.04. The van der Waals surface area contributed by atoms with Gasteiger partial charge in [-0.25, -0.2) is 0 Å². The number of amides is 2. The third-order valence-electron chi connectivity index (χ3n) is 4.40. The quantitative estimate of drug-likeness (QED) is 0.864. The van der Waals surface area contributed by atoms with Crippen LogP contribution in [0.3, 0.4) is 0 Å². The molecule has 2 heterocycles. The van der Waals surface area contributed by atoms with E-state index < -0.39 is 0 Å². The number of hydrogen-bond acceptors (Lipinski definition) is 4. The van der Waals surface area contributed by atoms with Crippen molar-refractivity contribution in [1.29, 1.82) is 0 Å². The Kier molecular flexibility index (Phi) is 4.93. The van der Waals surface area contributed by atoms with Gasteiger partial charge in [0.15, 0.2) is 5.69 Å². The van der Waals surface area contributed by atoms with Crippen molar-refractivity contribution in [2.24, 2.45) is 0 Å². The van der Waals surface area contributed by atoms with E-state index in [2.05, 4.69) is 5.16 Å². The minimum absolute atomic E-state index is 0.00365. The summed E-state index contributed by atoms with van der Waals surface area (Å²) in [5.74, 6) is -0.0993. The van der Waals surface area contributed by atoms with Crippen LogP contribution >= 0.6 is 0 Å². The van der Waals surface area contributed by atoms with Gasteiger partial charge in [0.1, 0.15) is 6.26 Å². The summed E-state index contributed by atoms with van der Waals surface area (Å²) in [6, 6.07) is 11.5. The molecule has 1 atom stereocenters. The van der Waals surface area contributed by atoms with Crippen LogP contribution in [0.25, 0.3) is 0 Å². The van der Waals surface area contributed by atoms with E-state index in [1.165, 1.54) is 6.26 Å². The van der Waals surface area contributed by atoms with Crippen LogP contribution in [0.2, 0.25) is 0 Å². The van der Waals surface area contributed by atoms with Gasteiger partial charge in [0.2, 0.25) is 5.91 Å². The molecule has 2 aromatic rings.